The molecule has 1 saturated heterocycles. The molecule has 1 aliphatic rings. The van der Waals surface area contributed by atoms with Crippen molar-refractivity contribution in [3.8, 4) is 5.75 Å². The summed E-state index contributed by atoms with van der Waals surface area (Å²) in [6, 6.07) is 7.54. The van der Waals surface area contributed by atoms with E-state index >= 15 is 0 Å². The number of nitrogens with zero attached hydrogens (tertiary/aromatic N) is 1. The molecular formula is C14H19N3O2. The van der Waals surface area contributed by atoms with Gasteiger partial charge in [0.15, 0.2) is 0 Å². The Bertz CT molecular complexity index is 454. The van der Waals surface area contributed by atoms with Gasteiger partial charge in [-0.05, 0) is 38.1 Å². The molecule has 0 saturated carbocycles. The molecule has 1 aromatic carbocycles. The number of ether oxygens (including phenoxy) is 1. The van der Waals surface area contributed by atoms with E-state index in [2.05, 4.69) is 15.8 Å². The number of rotatable bonds is 4. The minimum absolute atomic E-state index is 0.00681. The molecule has 5 nitrogen and oxygen atoms in total. The van der Waals surface area contributed by atoms with Crippen LogP contribution in [0.3, 0.4) is 0 Å². The maximum absolute atomic E-state index is 11.9. The summed E-state index contributed by atoms with van der Waals surface area (Å²) < 4.78 is 5.21. The van der Waals surface area contributed by atoms with E-state index in [9.17, 15) is 4.79 Å². The van der Waals surface area contributed by atoms with Crippen LogP contribution >= 0.6 is 0 Å². The molecule has 0 aliphatic carbocycles. The van der Waals surface area contributed by atoms with Gasteiger partial charge in [0.2, 0.25) is 5.91 Å². The second-order valence-corrected chi connectivity index (χ2v) is 4.50. The fourth-order valence-electron chi connectivity index (χ4n) is 2.11. The Balaban J connectivity index is 1.90. The number of methoxy groups -OCH3 is 1. The summed E-state index contributed by atoms with van der Waals surface area (Å²) in [5.41, 5.74) is 3.44. The largest absolute Gasteiger partial charge is 0.496 e. The minimum atomic E-state index is -0.00681. The van der Waals surface area contributed by atoms with Crippen LogP contribution in [0.5, 0.6) is 5.75 Å². The number of hydrogen-bond donors (Lipinski definition) is 2. The molecule has 2 rings (SSSR count). The van der Waals surface area contributed by atoms with Crippen molar-refractivity contribution >= 4 is 12.1 Å². The van der Waals surface area contributed by atoms with Crippen molar-refractivity contribution in [2.75, 3.05) is 20.2 Å². The number of hydrazone groups is 1. The van der Waals surface area contributed by atoms with E-state index in [1.165, 1.54) is 0 Å². The zero-order chi connectivity index (χ0) is 13.5. The first-order valence-corrected chi connectivity index (χ1v) is 6.48. The van der Waals surface area contributed by atoms with Gasteiger partial charge in [0.1, 0.15) is 5.75 Å². The number of carbonyl (C=O) groups is 1. The number of para-hydroxylation sites is 1. The first-order chi connectivity index (χ1) is 9.31. The summed E-state index contributed by atoms with van der Waals surface area (Å²) in [6.07, 6.45) is 3.35. The Labute approximate surface area is 113 Å². The van der Waals surface area contributed by atoms with Crippen molar-refractivity contribution in [2.24, 2.45) is 11.0 Å². The summed E-state index contributed by atoms with van der Waals surface area (Å²) in [6.45, 7) is 1.79. The Kier molecular flexibility index (Phi) is 4.92. The highest BCUT2D eigenvalue weighted by Gasteiger charge is 2.20. The van der Waals surface area contributed by atoms with Gasteiger partial charge in [-0.3, -0.25) is 4.79 Å². The second kappa shape index (κ2) is 6.89. The van der Waals surface area contributed by atoms with Gasteiger partial charge < -0.3 is 10.1 Å². The molecule has 102 valence electrons. The maximum atomic E-state index is 11.9. The standard InChI is InChI=1S/C14H19N3O2/c1-19-13-5-3-2-4-12(13)10-16-17-14(18)11-6-8-15-9-7-11/h2-5,10-11,15H,6-9H2,1H3,(H,17,18)/b16-10-. The molecule has 1 amide bonds. The summed E-state index contributed by atoms with van der Waals surface area (Å²) in [4.78, 5) is 11.9. The normalized spacial score (nSPS) is 16.5. The van der Waals surface area contributed by atoms with Gasteiger partial charge in [0.25, 0.3) is 0 Å². The predicted octanol–water partition coefficient (Wildman–Crippen LogP) is 1.14. The SMILES string of the molecule is COc1ccccc1/C=N\NC(=O)C1CCNCC1. The van der Waals surface area contributed by atoms with Crippen molar-refractivity contribution in [3.63, 3.8) is 0 Å². The first kappa shape index (κ1) is 13.5. The lowest BCUT2D eigenvalue weighted by Crippen LogP contribution is -2.36. The monoisotopic (exact) mass is 261 g/mol. The number of amides is 1. The van der Waals surface area contributed by atoms with E-state index < -0.39 is 0 Å². The van der Waals surface area contributed by atoms with Crippen molar-refractivity contribution in [2.45, 2.75) is 12.8 Å². The lowest BCUT2D eigenvalue weighted by Gasteiger charge is -2.20. The quantitative estimate of drug-likeness (QED) is 0.631. The maximum Gasteiger partial charge on any atom is 0.243 e. The van der Waals surface area contributed by atoms with Gasteiger partial charge in [-0.1, -0.05) is 12.1 Å². The molecule has 0 bridgehead atoms. The van der Waals surface area contributed by atoms with E-state index in [-0.39, 0.29) is 11.8 Å². The molecule has 19 heavy (non-hydrogen) atoms. The molecule has 2 N–H and O–H groups in total. The van der Waals surface area contributed by atoms with Crippen LogP contribution in [0.4, 0.5) is 0 Å². The highest BCUT2D eigenvalue weighted by Crippen LogP contribution is 2.15. The third-order valence-corrected chi connectivity index (χ3v) is 3.23. The van der Waals surface area contributed by atoms with Crippen LogP contribution in [-0.2, 0) is 4.79 Å². The minimum Gasteiger partial charge on any atom is -0.496 e. The number of piperidine rings is 1. The highest BCUT2D eigenvalue weighted by molar-refractivity contribution is 5.85. The average molecular weight is 261 g/mol. The van der Waals surface area contributed by atoms with Gasteiger partial charge in [-0.25, -0.2) is 5.43 Å². The van der Waals surface area contributed by atoms with E-state index in [4.69, 9.17) is 4.74 Å². The first-order valence-electron chi connectivity index (χ1n) is 6.48. The zero-order valence-electron chi connectivity index (χ0n) is 11.1. The fraction of sp³-hybridized carbons (Fsp3) is 0.429. The van der Waals surface area contributed by atoms with Crippen molar-refractivity contribution in [1.82, 2.24) is 10.7 Å². The van der Waals surface area contributed by atoms with Crippen LogP contribution < -0.4 is 15.5 Å². The number of nitrogens with one attached hydrogen (secondary N) is 2. The molecule has 1 aliphatic heterocycles. The van der Waals surface area contributed by atoms with Gasteiger partial charge in [-0.15, -0.1) is 0 Å². The Morgan fingerprint density at radius 1 is 1.42 bits per heavy atom. The predicted molar refractivity (Wildman–Crippen MR) is 74.3 cm³/mol. The van der Waals surface area contributed by atoms with Crippen molar-refractivity contribution in [3.05, 3.63) is 29.8 Å². The van der Waals surface area contributed by atoms with Crippen LogP contribution in [0.2, 0.25) is 0 Å². The third-order valence-electron chi connectivity index (χ3n) is 3.23. The molecule has 0 unspecified atom stereocenters. The summed E-state index contributed by atoms with van der Waals surface area (Å²) in [7, 11) is 1.61. The van der Waals surface area contributed by atoms with Crippen molar-refractivity contribution in [1.29, 1.82) is 0 Å². The molecule has 1 aromatic rings. The fourth-order valence-corrected chi connectivity index (χ4v) is 2.11. The van der Waals surface area contributed by atoms with Gasteiger partial charge >= 0.3 is 0 Å². The van der Waals surface area contributed by atoms with E-state index in [1.807, 2.05) is 24.3 Å². The summed E-state index contributed by atoms with van der Waals surface area (Å²) >= 11 is 0. The van der Waals surface area contributed by atoms with Gasteiger partial charge in [-0.2, -0.15) is 5.10 Å². The second-order valence-electron chi connectivity index (χ2n) is 4.50. The number of carbonyl (C=O) groups excluding carboxylic acids is 1. The lowest BCUT2D eigenvalue weighted by atomic mass is 9.98. The number of benzene rings is 1. The molecule has 0 atom stereocenters. The smallest absolute Gasteiger partial charge is 0.243 e. The van der Waals surface area contributed by atoms with Crippen LogP contribution in [0.1, 0.15) is 18.4 Å². The highest BCUT2D eigenvalue weighted by atomic mass is 16.5. The van der Waals surface area contributed by atoms with E-state index in [0.29, 0.717) is 0 Å². The summed E-state index contributed by atoms with van der Waals surface area (Å²) in [5, 5.41) is 7.23. The third kappa shape index (κ3) is 3.79. The molecular weight excluding hydrogens is 242 g/mol. The molecule has 1 heterocycles. The lowest BCUT2D eigenvalue weighted by molar-refractivity contribution is -0.125. The molecule has 5 heteroatoms. The Morgan fingerprint density at radius 2 is 2.16 bits per heavy atom. The van der Waals surface area contributed by atoms with Crippen LogP contribution in [0.15, 0.2) is 29.4 Å². The van der Waals surface area contributed by atoms with Crippen molar-refractivity contribution < 1.29 is 9.53 Å². The van der Waals surface area contributed by atoms with E-state index in [1.54, 1.807) is 13.3 Å². The molecule has 0 radical (unpaired) electrons. The Morgan fingerprint density at radius 3 is 2.89 bits per heavy atom. The zero-order valence-corrected chi connectivity index (χ0v) is 11.1. The Hall–Kier alpha value is -1.88. The average Bonchev–Trinajstić information content (AvgIpc) is 2.48. The van der Waals surface area contributed by atoms with Crippen LogP contribution in [-0.4, -0.2) is 32.3 Å². The van der Waals surface area contributed by atoms with Crippen LogP contribution in [0, 0.1) is 5.92 Å². The van der Waals surface area contributed by atoms with Gasteiger partial charge in [0, 0.05) is 11.5 Å². The summed E-state index contributed by atoms with van der Waals surface area (Å²) in [5.74, 6) is 0.797. The van der Waals surface area contributed by atoms with Crippen LogP contribution in [0.25, 0.3) is 0 Å². The molecule has 0 aromatic heterocycles. The molecule has 1 fully saturated rings. The number of hydrogen-bond acceptors (Lipinski definition) is 4. The molecule has 0 spiro atoms. The topological polar surface area (TPSA) is 62.7 Å². The van der Waals surface area contributed by atoms with E-state index in [0.717, 1.165) is 37.2 Å². The van der Waals surface area contributed by atoms with Gasteiger partial charge in [0.05, 0.1) is 13.3 Å².